The summed E-state index contributed by atoms with van der Waals surface area (Å²) in [5, 5.41) is 38.8. The van der Waals surface area contributed by atoms with E-state index in [-0.39, 0.29) is 41.8 Å². The van der Waals surface area contributed by atoms with Gasteiger partial charge in [-0.05, 0) is 133 Å². The second-order valence-corrected chi connectivity index (χ2v) is 18.6. The van der Waals surface area contributed by atoms with Gasteiger partial charge in [0, 0.05) is 52.3 Å². The first-order valence-electron chi connectivity index (χ1n) is 22.4. The quantitative estimate of drug-likeness (QED) is 0.130. The molecule has 5 heterocycles. The highest BCUT2D eigenvalue weighted by Crippen LogP contribution is 2.60. The van der Waals surface area contributed by atoms with E-state index in [9.17, 15) is 15.3 Å². The number of nitrogens with one attached hydrogen (secondary N) is 1. The molecule has 0 amide bonds. The van der Waals surface area contributed by atoms with Gasteiger partial charge in [0.2, 0.25) is 0 Å². The number of dihydropyridines is 1. The summed E-state index contributed by atoms with van der Waals surface area (Å²) >= 11 is 0. The number of benzene rings is 3. The summed E-state index contributed by atoms with van der Waals surface area (Å²) in [6.45, 7) is 3.91. The summed E-state index contributed by atoms with van der Waals surface area (Å²) in [5.74, 6) is 8.71. The maximum Gasteiger partial charge on any atom is 0.161 e. The number of phenols is 1. The van der Waals surface area contributed by atoms with Crippen molar-refractivity contribution in [3.05, 3.63) is 112 Å². The summed E-state index contributed by atoms with van der Waals surface area (Å²) in [5.41, 5.74) is 15.2. The maximum atomic E-state index is 11.4. The molecule has 2 aliphatic carbocycles. The van der Waals surface area contributed by atoms with Gasteiger partial charge in [-0.25, -0.2) is 0 Å². The zero-order valence-corrected chi connectivity index (χ0v) is 34.8. The van der Waals surface area contributed by atoms with Crippen molar-refractivity contribution in [2.75, 3.05) is 19.8 Å². The first kappa shape index (κ1) is 39.6. The molecular formula is C51H59N3O6. The number of aliphatic hydroxyl groups is 2. The molecule has 4 aliphatic heterocycles. The van der Waals surface area contributed by atoms with Crippen molar-refractivity contribution < 1.29 is 29.5 Å². The van der Waals surface area contributed by atoms with Crippen LogP contribution in [0.3, 0.4) is 0 Å². The fraction of sp³-hybridized carbons (Fsp3) is 0.490. The van der Waals surface area contributed by atoms with Gasteiger partial charge in [-0.2, -0.15) is 0 Å². The van der Waals surface area contributed by atoms with Gasteiger partial charge in [0.1, 0.15) is 12.4 Å². The second-order valence-electron chi connectivity index (χ2n) is 18.6. The first-order valence-corrected chi connectivity index (χ1v) is 22.4. The number of aromatic nitrogens is 1. The lowest BCUT2D eigenvalue weighted by atomic mass is 9.51. The number of aliphatic hydroxyl groups excluding tert-OH is 2. The summed E-state index contributed by atoms with van der Waals surface area (Å²) < 4.78 is 21.9. The molecule has 4 aromatic rings. The Kier molecular flexibility index (Phi) is 10.6. The third-order valence-electron chi connectivity index (χ3n) is 14.9. The van der Waals surface area contributed by atoms with Crippen molar-refractivity contribution in [2.45, 2.75) is 126 Å². The number of aryl methyl sites for hydroxylation is 1. The molecular weight excluding hydrogens is 751 g/mol. The Labute approximate surface area is 353 Å². The molecule has 1 unspecified atom stereocenters. The molecule has 1 saturated heterocycles. The summed E-state index contributed by atoms with van der Waals surface area (Å²) in [6.07, 6.45) is 16.3. The van der Waals surface area contributed by atoms with E-state index in [0.29, 0.717) is 49.7 Å². The minimum atomic E-state index is -0.622. The van der Waals surface area contributed by atoms with E-state index >= 15 is 0 Å². The number of nitrogens with zero attached hydrogens (tertiary/aromatic N) is 1. The van der Waals surface area contributed by atoms with E-state index in [4.69, 9.17) is 19.9 Å². The van der Waals surface area contributed by atoms with Gasteiger partial charge >= 0.3 is 0 Å². The van der Waals surface area contributed by atoms with Crippen LogP contribution in [0.2, 0.25) is 0 Å². The van der Waals surface area contributed by atoms with E-state index in [2.05, 4.69) is 77.4 Å². The van der Waals surface area contributed by atoms with E-state index in [0.717, 1.165) is 77.6 Å². The highest BCUT2D eigenvalue weighted by molar-refractivity contribution is 5.88. The van der Waals surface area contributed by atoms with Crippen LogP contribution in [0.1, 0.15) is 111 Å². The molecule has 10 rings (SSSR count). The van der Waals surface area contributed by atoms with Gasteiger partial charge in [0.15, 0.2) is 11.5 Å². The summed E-state index contributed by atoms with van der Waals surface area (Å²) in [7, 11) is 0. The number of hydrogen-bond acceptors (Lipinski definition) is 8. The topological polar surface area (TPSA) is 131 Å². The maximum absolute atomic E-state index is 11.4. The summed E-state index contributed by atoms with van der Waals surface area (Å²) in [6, 6.07) is 17.5. The predicted molar refractivity (Wildman–Crippen MR) is 233 cm³/mol. The van der Waals surface area contributed by atoms with E-state index in [1.54, 1.807) is 6.07 Å². The second kappa shape index (κ2) is 16.0. The van der Waals surface area contributed by atoms with Crippen LogP contribution in [-0.4, -0.2) is 58.1 Å². The number of hydrogen-bond donors (Lipinski definition) is 5. The third-order valence-corrected chi connectivity index (χ3v) is 14.9. The Morgan fingerprint density at radius 2 is 1.82 bits per heavy atom. The third kappa shape index (κ3) is 7.04. The number of phenolic OH excluding ortho intramolecular Hbond substituents is 1. The number of aromatic hydroxyl groups is 1. The zero-order valence-electron chi connectivity index (χ0n) is 34.8. The molecule has 9 nitrogen and oxygen atoms in total. The van der Waals surface area contributed by atoms with Gasteiger partial charge < -0.3 is 45.1 Å². The van der Waals surface area contributed by atoms with Crippen LogP contribution >= 0.6 is 0 Å². The molecule has 2 fully saturated rings. The number of fused-ring (bicyclic) bond motifs is 10. The van der Waals surface area contributed by atoms with Crippen LogP contribution in [0.4, 0.5) is 0 Å². The van der Waals surface area contributed by atoms with Crippen LogP contribution in [-0.2, 0) is 39.9 Å². The standard InChI is InChI=1S/C51H59N3O6/c1-32-7-6-8-41-24-40(56)14-13-33-22-47(46(57)21-36(33)28-55)60-29-37-20-38(19-35-26-54(27-42(35)37)49-43(31-59-41)34(12-11-32)23-48(52)53-49)51-17-18-58-30-39(51)25-50(15-4-5-16-50)44-9-2-3-10-45(44)51/h2-3,9-10,19-23,26-27,32,39-41,48,53,55-57H,4-8,13-18,24-25,28-31,52H2,1H3/t32-,39+,40-,41+,48?,51+/m1/s1. The Hall–Kier alpha value is -4.56. The van der Waals surface area contributed by atoms with Crippen LogP contribution in [0.5, 0.6) is 11.5 Å². The minimum absolute atomic E-state index is 0.0160. The molecule has 6 bridgehead atoms. The van der Waals surface area contributed by atoms with Crippen LogP contribution in [0.15, 0.2) is 78.1 Å². The molecule has 60 heavy (non-hydrogen) atoms. The van der Waals surface area contributed by atoms with Crippen molar-refractivity contribution in [1.82, 2.24) is 9.88 Å². The number of ether oxygens (including phenoxy) is 3. The Morgan fingerprint density at radius 3 is 2.67 bits per heavy atom. The normalized spacial score (nSPS) is 28.9. The van der Waals surface area contributed by atoms with Crippen molar-refractivity contribution in [2.24, 2.45) is 17.6 Å². The molecule has 6 N–H and O–H groups in total. The highest BCUT2D eigenvalue weighted by atomic mass is 16.5. The molecule has 6 aliphatic rings. The van der Waals surface area contributed by atoms with Crippen molar-refractivity contribution in [3.8, 4) is 23.3 Å². The average Bonchev–Trinajstić information content (AvgIpc) is 3.91. The highest BCUT2D eigenvalue weighted by Gasteiger charge is 2.55. The monoisotopic (exact) mass is 809 g/mol. The van der Waals surface area contributed by atoms with Gasteiger partial charge in [-0.1, -0.05) is 61.9 Å². The zero-order chi connectivity index (χ0) is 41.0. The Balaban J connectivity index is 1.18. The van der Waals surface area contributed by atoms with Crippen molar-refractivity contribution in [1.29, 1.82) is 0 Å². The van der Waals surface area contributed by atoms with Crippen LogP contribution in [0, 0.1) is 23.7 Å². The molecule has 1 spiro atoms. The van der Waals surface area contributed by atoms with Gasteiger partial charge in [-0.3, -0.25) is 0 Å². The number of nitrogens with two attached hydrogens (primary N) is 1. The number of rotatable bonds is 2. The van der Waals surface area contributed by atoms with Crippen molar-refractivity contribution >= 4 is 16.6 Å². The molecule has 9 heteroatoms. The average molecular weight is 810 g/mol. The predicted octanol–water partition coefficient (Wildman–Crippen LogP) is 7.85. The first-order chi connectivity index (χ1) is 29.2. The SMILES string of the molecule is C[C@H]1C#CC2=CC(N)NC3=C2CO[C@@H](CCC1)C[C@H](O)CCc1cc(c(O)cc1CO)OCc1cc([C@@]24CCOC[C@@H]2CC2(CCCC2)c2ccccc24)cc2cn3cc12. The van der Waals surface area contributed by atoms with Crippen molar-refractivity contribution in [3.63, 3.8) is 0 Å². The van der Waals surface area contributed by atoms with Gasteiger partial charge in [-0.15, -0.1) is 0 Å². The molecule has 1 aromatic heterocycles. The molecule has 0 radical (unpaired) electrons. The van der Waals surface area contributed by atoms with Gasteiger partial charge in [0.25, 0.3) is 0 Å². The molecule has 314 valence electrons. The largest absolute Gasteiger partial charge is 0.504 e. The van der Waals surface area contributed by atoms with Crippen LogP contribution in [0.25, 0.3) is 16.6 Å². The van der Waals surface area contributed by atoms with Gasteiger partial charge in [0.05, 0.1) is 38.2 Å². The van der Waals surface area contributed by atoms with E-state index in [1.165, 1.54) is 42.4 Å². The smallest absolute Gasteiger partial charge is 0.161 e. The lowest BCUT2D eigenvalue weighted by Gasteiger charge is -2.54. The Morgan fingerprint density at radius 1 is 0.967 bits per heavy atom. The lowest BCUT2D eigenvalue weighted by molar-refractivity contribution is -0.00873. The van der Waals surface area contributed by atoms with E-state index in [1.807, 2.05) is 12.1 Å². The van der Waals surface area contributed by atoms with Crippen LogP contribution < -0.4 is 15.8 Å². The molecule has 3 aromatic carbocycles. The lowest BCUT2D eigenvalue weighted by Crippen LogP contribution is -2.51. The summed E-state index contributed by atoms with van der Waals surface area (Å²) in [4.78, 5) is 0. The minimum Gasteiger partial charge on any atom is -0.504 e. The molecule has 1 saturated carbocycles. The Bertz CT molecular complexity index is 2410. The van der Waals surface area contributed by atoms with E-state index < -0.39 is 12.3 Å². The molecule has 6 atom stereocenters. The fourth-order valence-corrected chi connectivity index (χ4v) is 11.8. The fourth-order valence-electron chi connectivity index (χ4n) is 11.8.